The minimum absolute atomic E-state index is 0.0437. The molecule has 6 heteroatoms. The second kappa shape index (κ2) is 6.30. The number of carbonyl (C=O) groups is 1. The van der Waals surface area contributed by atoms with Crippen molar-refractivity contribution in [1.29, 1.82) is 0 Å². The molecule has 3 N–H and O–H groups in total. The van der Waals surface area contributed by atoms with E-state index in [1.807, 2.05) is 23.9 Å². The quantitative estimate of drug-likeness (QED) is 0.820. The van der Waals surface area contributed by atoms with E-state index in [4.69, 9.17) is 5.73 Å². The molecule has 6 nitrogen and oxygen atoms in total. The lowest BCUT2D eigenvalue weighted by atomic mass is 10.1. The molecule has 0 aliphatic carbocycles. The molecule has 21 heavy (non-hydrogen) atoms. The number of nitrogens with one attached hydrogen (secondary N) is 1. The number of hydrogen-bond acceptors (Lipinski definition) is 4. The fourth-order valence-electron chi connectivity index (χ4n) is 2.07. The zero-order valence-electron chi connectivity index (χ0n) is 12.6. The fraction of sp³-hybridized carbons (Fsp3) is 0.333. The van der Waals surface area contributed by atoms with Crippen LogP contribution in [0.3, 0.4) is 0 Å². The van der Waals surface area contributed by atoms with E-state index in [1.54, 1.807) is 43.4 Å². The largest absolute Gasteiger partial charge is 0.397 e. The van der Waals surface area contributed by atoms with Crippen LogP contribution in [0.25, 0.3) is 0 Å². The number of nitrogens with zero attached hydrogens (tertiary/aromatic N) is 3. The third-order valence-electron chi connectivity index (χ3n) is 3.13. The minimum atomic E-state index is -0.0437. The van der Waals surface area contributed by atoms with Crippen LogP contribution in [0.15, 0.2) is 36.7 Å². The molecule has 0 aliphatic heterocycles. The highest BCUT2D eigenvalue weighted by atomic mass is 16.2. The standard InChI is InChI=1S/C15H21N5O/c1-11(10-20-8-4-7-17-20)18-14-9-12(5-6-13(14)16)15(21)19(2)3/h4-9,11,18H,10,16H2,1-3H3. The van der Waals surface area contributed by atoms with Crippen LogP contribution in [-0.4, -0.2) is 40.7 Å². The normalized spacial score (nSPS) is 12.0. The van der Waals surface area contributed by atoms with Gasteiger partial charge in [0.2, 0.25) is 0 Å². The summed E-state index contributed by atoms with van der Waals surface area (Å²) in [7, 11) is 3.46. The van der Waals surface area contributed by atoms with Crippen molar-refractivity contribution in [2.75, 3.05) is 25.1 Å². The molecule has 1 aromatic carbocycles. The van der Waals surface area contributed by atoms with Crippen LogP contribution in [0.1, 0.15) is 17.3 Å². The summed E-state index contributed by atoms with van der Waals surface area (Å²) in [4.78, 5) is 13.5. The molecule has 1 atom stereocenters. The summed E-state index contributed by atoms with van der Waals surface area (Å²) < 4.78 is 1.85. The molecule has 1 unspecified atom stereocenters. The average Bonchev–Trinajstić information content (AvgIpc) is 2.93. The van der Waals surface area contributed by atoms with Crippen LogP contribution in [0.5, 0.6) is 0 Å². The van der Waals surface area contributed by atoms with Crippen LogP contribution in [0, 0.1) is 0 Å². The van der Waals surface area contributed by atoms with E-state index in [0.29, 0.717) is 11.3 Å². The first-order chi connectivity index (χ1) is 9.97. The van der Waals surface area contributed by atoms with Gasteiger partial charge in [-0.15, -0.1) is 0 Å². The van der Waals surface area contributed by atoms with Crippen molar-refractivity contribution in [3.05, 3.63) is 42.2 Å². The van der Waals surface area contributed by atoms with Crippen LogP contribution in [0.2, 0.25) is 0 Å². The molecule has 2 aromatic rings. The second-order valence-electron chi connectivity index (χ2n) is 5.28. The maximum absolute atomic E-state index is 12.0. The van der Waals surface area contributed by atoms with E-state index in [0.717, 1.165) is 12.2 Å². The molecule has 0 saturated carbocycles. The maximum atomic E-state index is 12.0. The molecule has 0 saturated heterocycles. The lowest BCUT2D eigenvalue weighted by Gasteiger charge is -2.18. The Morgan fingerprint density at radius 2 is 2.24 bits per heavy atom. The van der Waals surface area contributed by atoms with Crippen molar-refractivity contribution in [3.8, 4) is 0 Å². The topological polar surface area (TPSA) is 76.2 Å². The van der Waals surface area contributed by atoms with E-state index in [-0.39, 0.29) is 11.9 Å². The van der Waals surface area contributed by atoms with E-state index in [9.17, 15) is 4.79 Å². The Morgan fingerprint density at radius 1 is 1.48 bits per heavy atom. The van der Waals surface area contributed by atoms with Crippen molar-refractivity contribution in [2.45, 2.75) is 19.5 Å². The second-order valence-corrected chi connectivity index (χ2v) is 5.28. The number of hydrogen-bond donors (Lipinski definition) is 2. The Morgan fingerprint density at radius 3 is 2.86 bits per heavy atom. The van der Waals surface area contributed by atoms with Gasteiger partial charge < -0.3 is 16.0 Å². The van der Waals surface area contributed by atoms with Crippen LogP contribution in [0.4, 0.5) is 11.4 Å². The number of benzene rings is 1. The van der Waals surface area contributed by atoms with Crippen molar-refractivity contribution >= 4 is 17.3 Å². The molecular formula is C15H21N5O. The first kappa shape index (κ1) is 14.9. The van der Waals surface area contributed by atoms with E-state index >= 15 is 0 Å². The molecule has 1 amide bonds. The molecule has 0 radical (unpaired) electrons. The van der Waals surface area contributed by atoms with Crippen LogP contribution in [-0.2, 0) is 6.54 Å². The molecule has 0 bridgehead atoms. The molecule has 112 valence electrons. The third kappa shape index (κ3) is 3.75. The smallest absolute Gasteiger partial charge is 0.253 e. The van der Waals surface area contributed by atoms with Gasteiger partial charge >= 0.3 is 0 Å². The summed E-state index contributed by atoms with van der Waals surface area (Å²) in [6.45, 7) is 2.76. The minimum Gasteiger partial charge on any atom is -0.397 e. The Balaban J connectivity index is 2.11. The van der Waals surface area contributed by atoms with Gasteiger partial charge in [0.1, 0.15) is 0 Å². The summed E-state index contributed by atoms with van der Waals surface area (Å²) in [5.41, 5.74) is 7.98. The van der Waals surface area contributed by atoms with Gasteiger partial charge in [0, 0.05) is 38.1 Å². The zero-order chi connectivity index (χ0) is 15.4. The Hall–Kier alpha value is -2.50. The SMILES string of the molecule is CC(Cn1cccn1)Nc1cc(C(=O)N(C)C)ccc1N. The molecule has 1 aromatic heterocycles. The number of anilines is 2. The lowest BCUT2D eigenvalue weighted by molar-refractivity contribution is 0.0827. The van der Waals surface area contributed by atoms with Crippen LogP contribution >= 0.6 is 0 Å². The Kier molecular flexibility index (Phi) is 4.47. The number of nitrogens with two attached hydrogens (primary N) is 1. The fourth-order valence-corrected chi connectivity index (χ4v) is 2.07. The third-order valence-corrected chi connectivity index (χ3v) is 3.13. The number of amides is 1. The van der Waals surface area contributed by atoms with E-state index < -0.39 is 0 Å². The van der Waals surface area contributed by atoms with Gasteiger partial charge in [-0.25, -0.2) is 0 Å². The van der Waals surface area contributed by atoms with Gasteiger partial charge in [0.15, 0.2) is 0 Å². The van der Waals surface area contributed by atoms with Crippen molar-refractivity contribution in [3.63, 3.8) is 0 Å². The number of aromatic nitrogens is 2. The zero-order valence-corrected chi connectivity index (χ0v) is 12.6. The van der Waals surface area contributed by atoms with Crippen molar-refractivity contribution in [2.24, 2.45) is 0 Å². The van der Waals surface area contributed by atoms with Crippen molar-refractivity contribution < 1.29 is 4.79 Å². The van der Waals surface area contributed by atoms with Crippen LogP contribution < -0.4 is 11.1 Å². The van der Waals surface area contributed by atoms with Gasteiger partial charge in [0.05, 0.1) is 17.9 Å². The summed E-state index contributed by atoms with van der Waals surface area (Å²) >= 11 is 0. The predicted molar refractivity (Wildman–Crippen MR) is 84.2 cm³/mol. The maximum Gasteiger partial charge on any atom is 0.253 e. The lowest BCUT2D eigenvalue weighted by Crippen LogP contribution is -2.24. The highest BCUT2D eigenvalue weighted by Gasteiger charge is 2.12. The highest BCUT2D eigenvalue weighted by Crippen LogP contribution is 2.21. The highest BCUT2D eigenvalue weighted by molar-refractivity contribution is 5.95. The van der Waals surface area contributed by atoms with Gasteiger partial charge in [-0.3, -0.25) is 9.48 Å². The average molecular weight is 287 g/mol. The molecule has 0 aliphatic rings. The number of nitrogen functional groups attached to an aromatic ring is 1. The summed E-state index contributed by atoms with van der Waals surface area (Å²) in [6.07, 6.45) is 3.66. The Labute approximate surface area is 124 Å². The van der Waals surface area contributed by atoms with E-state index in [2.05, 4.69) is 10.4 Å². The first-order valence-electron chi connectivity index (χ1n) is 6.82. The molecule has 0 spiro atoms. The summed E-state index contributed by atoms with van der Waals surface area (Å²) in [6, 6.07) is 7.30. The summed E-state index contributed by atoms with van der Waals surface area (Å²) in [5, 5.41) is 7.50. The predicted octanol–water partition coefficient (Wildman–Crippen LogP) is 1.67. The summed E-state index contributed by atoms with van der Waals surface area (Å²) in [5.74, 6) is -0.0437. The monoisotopic (exact) mass is 287 g/mol. The van der Waals surface area contributed by atoms with Gasteiger partial charge in [-0.1, -0.05) is 0 Å². The van der Waals surface area contributed by atoms with E-state index in [1.165, 1.54) is 0 Å². The first-order valence-corrected chi connectivity index (χ1v) is 6.82. The molecule has 2 rings (SSSR count). The van der Waals surface area contributed by atoms with Gasteiger partial charge in [0.25, 0.3) is 5.91 Å². The number of rotatable bonds is 5. The molecule has 1 heterocycles. The Bertz CT molecular complexity index is 607. The number of carbonyl (C=O) groups excluding carboxylic acids is 1. The van der Waals surface area contributed by atoms with Crippen molar-refractivity contribution in [1.82, 2.24) is 14.7 Å². The molecular weight excluding hydrogens is 266 g/mol. The molecule has 0 fully saturated rings. The van der Waals surface area contributed by atoms with Gasteiger partial charge in [-0.05, 0) is 31.2 Å². The van der Waals surface area contributed by atoms with Gasteiger partial charge in [-0.2, -0.15) is 5.10 Å².